The Labute approximate surface area is 84.7 Å². The van der Waals surface area contributed by atoms with Crippen LogP contribution in [0.4, 0.5) is 0 Å². The minimum absolute atomic E-state index is 0.103. The Morgan fingerprint density at radius 2 is 2.07 bits per heavy atom. The van der Waals surface area contributed by atoms with Crippen molar-refractivity contribution in [2.45, 2.75) is 13.0 Å². The van der Waals surface area contributed by atoms with E-state index in [-0.39, 0.29) is 6.10 Å². The van der Waals surface area contributed by atoms with Crippen molar-refractivity contribution in [3.8, 4) is 0 Å². The fourth-order valence-corrected chi connectivity index (χ4v) is 1.67. The van der Waals surface area contributed by atoms with Crippen molar-refractivity contribution in [1.29, 1.82) is 0 Å². The molecular weight excluding hydrogens is 172 g/mol. The first-order valence-electron chi connectivity index (χ1n) is 4.97. The summed E-state index contributed by atoms with van der Waals surface area (Å²) in [5, 5.41) is 0. The number of allylic oxidation sites excluding steroid dienone is 2. The van der Waals surface area contributed by atoms with Gasteiger partial charge in [0.05, 0.1) is 0 Å². The smallest absolute Gasteiger partial charge is 0.101 e. The van der Waals surface area contributed by atoms with Crippen molar-refractivity contribution in [2.75, 3.05) is 6.61 Å². The van der Waals surface area contributed by atoms with E-state index < -0.39 is 0 Å². The molecule has 1 aromatic carbocycles. The first-order chi connectivity index (χ1) is 6.92. The molecule has 0 unspecified atom stereocenters. The summed E-state index contributed by atoms with van der Waals surface area (Å²) in [4.78, 5) is 0. The van der Waals surface area contributed by atoms with Gasteiger partial charge in [-0.25, -0.2) is 0 Å². The highest BCUT2D eigenvalue weighted by molar-refractivity contribution is 5.58. The van der Waals surface area contributed by atoms with Crippen LogP contribution in [-0.4, -0.2) is 6.61 Å². The predicted molar refractivity (Wildman–Crippen MR) is 59.0 cm³/mol. The van der Waals surface area contributed by atoms with Gasteiger partial charge in [-0.3, -0.25) is 0 Å². The molecule has 14 heavy (non-hydrogen) atoms. The van der Waals surface area contributed by atoms with Crippen molar-refractivity contribution in [1.82, 2.24) is 0 Å². The van der Waals surface area contributed by atoms with Gasteiger partial charge in [-0.1, -0.05) is 48.6 Å². The molecule has 0 saturated carbocycles. The van der Waals surface area contributed by atoms with Crippen LogP contribution in [0.25, 0.3) is 6.08 Å². The van der Waals surface area contributed by atoms with Crippen molar-refractivity contribution in [3.63, 3.8) is 0 Å². The van der Waals surface area contributed by atoms with Gasteiger partial charge in [-0.2, -0.15) is 0 Å². The van der Waals surface area contributed by atoms with Crippen molar-refractivity contribution < 1.29 is 4.74 Å². The van der Waals surface area contributed by atoms with E-state index in [0.717, 1.165) is 6.61 Å². The first-order valence-corrected chi connectivity index (χ1v) is 4.97. The topological polar surface area (TPSA) is 9.23 Å². The maximum Gasteiger partial charge on any atom is 0.101 e. The van der Waals surface area contributed by atoms with Crippen LogP contribution < -0.4 is 0 Å². The van der Waals surface area contributed by atoms with Gasteiger partial charge in [0.15, 0.2) is 0 Å². The number of ether oxygens (including phenoxy) is 1. The van der Waals surface area contributed by atoms with E-state index in [0.29, 0.717) is 0 Å². The van der Waals surface area contributed by atoms with E-state index in [1.54, 1.807) is 0 Å². The van der Waals surface area contributed by atoms with Crippen LogP contribution >= 0.6 is 0 Å². The van der Waals surface area contributed by atoms with Crippen LogP contribution in [0.3, 0.4) is 0 Å². The normalized spacial score (nSPS) is 19.1. The molecule has 0 fully saturated rings. The fraction of sp³-hybridized carbons (Fsp3) is 0.231. The van der Waals surface area contributed by atoms with Crippen LogP contribution in [0.15, 0.2) is 42.5 Å². The van der Waals surface area contributed by atoms with Gasteiger partial charge in [0.1, 0.15) is 6.10 Å². The summed E-state index contributed by atoms with van der Waals surface area (Å²) in [5.74, 6) is 0. The Balaban J connectivity index is 2.39. The molecule has 1 aliphatic carbocycles. The molecule has 0 aromatic heterocycles. The summed E-state index contributed by atoms with van der Waals surface area (Å²) in [5.41, 5.74) is 2.50. The lowest BCUT2D eigenvalue weighted by Crippen LogP contribution is -2.02. The third-order valence-electron chi connectivity index (χ3n) is 2.32. The second-order valence-electron chi connectivity index (χ2n) is 3.25. The molecule has 0 spiro atoms. The summed E-state index contributed by atoms with van der Waals surface area (Å²) in [7, 11) is 0. The Bertz CT molecular complexity index is 363. The lowest BCUT2D eigenvalue weighted by atomic mass is 10.0. The average molecular weight is 186 g/mol. The van der Waals surface area contributed by atoms with Crippen LogP contribution in [0.1, 0.15) is 24.2 Å². The minimum atomic E-state index is 0.103. The Hall–Kier alpha value is -1.34. The highest BCUT2D eigenvalue weighted by atomic mass is 16.5. The van der Waals surface area contributed by atoms with Gasteiger partial charge in [-0.05, 0) is 18.1 Å². The highest BCUT2D eigenvalue weighted by Crippen LogP contribution is 2.25. The Kier molecular flexibility index (Phi) is 2.80. The molecule has 0 N–H and O–H groups in total. The van der Waals surface area contributed by atoms with Crippen LogP contribution in [0, 0.1) is 0 Å². The quantitative estimate of drug-likeness (QED) is 0.688. The number of fused-ring (bicyclic) bond motifs is 1. The summed E-state index contributed by atoms with van der Waals surface area (Å²) in [6, 6.07) is 8.34. The van der Waals surface area contributed by atoms with Gasteiger partial charge in [0.2, 0.25) is 0 Å². The molecule has 0 heterocycles. The Morgan fingerprint density at radius 1 is 1.21 bits per heavy atom. The molecule has 0 aliphatic heterocycles. The number of hydrogen-bond acceptors (Lipinski definition) is 1. The summed E-state index contributed by atoms with van der Waals surface area (Å²) >= 11 is 0. The van der Waals surface area contributed by atoms with Gasteiger partial charge in [0.25, 0.3) is 0 Å². The maximum absolute atomic E-state index is 5.66. The average Bonchev–Trinajstić information content (AvgIpc) is 2.42. The van der Waals surface area contributed by atoms with Gasteiger partial charge in [0, 0.05) is 6.61 Å². The van der Waals surface area contributed by atoms with Crippen LogP contribution in [0.2, 0.25) is 0 Å². The minimum Gasteiger partial charge on any atom is -0.370 e. The monoisotopic (exact) mass is 186 g/mol. The zero-order valence-corrected chi connectivity index (χ0v) is 8.31. The number of rotatable bonds is 2. The number of hydrogen-bond donors (Lipinski definition) is 0. The van der Waals surface area contributed by atoms with Gasteiger partial charge in [-0.15, -0.1) is 0 Å². The second-order valence-corrected chi connectivity index (χ2v) is 3.25. The molecule has 1 nitrogen and oxygen atoms in total. The molecule has 1 aliphatic rings. The molecule has 1 atom stereocenters. The van der Waals surface area contributed by atoms with E-state index in [1.165, 1.54) is 11.1 Å². The molecule has 0 saturated heterocycles. The maximum atomic E-state index is 5.66. The van der Waals surface area contributed by atoms with Crippen molar-refractivity contribution in [3.05, 3.63) is 53.6 Å². The molecule has 72 valence electrons. The van der Waals surface area contributed by atoms with Crippen LogP contribution in [0.5, 0.6) is 0 Å². The van der Waals surface area contributed by atoms with E-state index in [2.05, 4.69) is 42.5 Å². The van der Waals surface area contributed by atoms with E-state index in [1.807, 2.05) is 13.0 Å². The first kappa shape index (κ1) is 9.22. The predicted octanol–water partition coefficient (Wildman–Crippen LogP) is 3.35. The summed E-state index contributed by atoms with van der Waals surface area (Å²) < 4.78 is 5.66. The molecule has 2 rings (SSSR count). The SMILES string of the molecule is CCO[C@H]1C=CC=Cc2ccccc21. The molecule has 0 bridgehead atoms. The zero-order chi connectivity index (χ0) is 9.80. The van der Waals surface area contributed by atoms with E-state index in [4.69, 9.17) is 4.74 Å². The molecule has 0 amide bonds. The molecule has 1 heteroatoms. The van der Waals surface area contributed by atoms with Gasteiger partial charge >= 0.3 is 0 Å². The Morgan fingerprint density at radius 3 is 2.93 bits per heavy atom. The highest BCUT2D eigenvalue weighted by Gasteiger charge is 2.11. The number of benzene rings is 1. The summed E-state index contributed by atoms with van der Waals surface area (Å²) in [6.45, 7) is 2.76. The van der Waals surface area contributed by atoms with E-state index >= 15 is 0 Å². The lowest BCUT2D eigenvalue weighted by molar-refractivity contribution is 0.0968. The third-order valence-corrected chi connectivity index (χ3v) is 2.32. The van der Waals surface area contributed by atoms with E-state index in [9.17, 15) is 0 Å². The molecular formula is C13H14O. The second kappa shape index (κ2) is 4.25. The molecule has 0 radical (unpaired) electrons. The van der Waals surface area contributed by atoms with Gasteiger partial charge < -0.3 is 4.74 Å². The molecule has 1 aromatic rings. The van der Waals surface area contributed by atoms with Crippen molar-refractivity contribution >= 4 is 6.08 Å². The fourth-order valence-electron chi connectivity index (χ4n) is 1.67. The lowest BCUT2D eigenvalue weighted by Gasteiger charge is -2.14. The zero-order valence-electron chi connectivity index (χ0n) is 8.31. The standard InChI is InChI=1S/C13H14O/c1-2-14-13-10-6-4-8-11-7-3-5-9-12(11)13/h3-10,13H,2H2,1H3/t13-/m0/s1. The summed E-state index contributed by atoms with van der Waals surface area (Å²) in [6.07, 6.45) is 8.40. The van der Waals surface area contributed by atoms with Crippen molar-refractivity contribution in [2.24, 2.45) is 0 Å². The third kappa shape index (κ3) is 1.78. The largest absolute Gasteiger partial charge is 0.370 e. The van der Waals surface area contributed by atoms with Crippen LogP contribution in [-0.2, 0) is 4.74 Å².